The van der Waals surface area contributed by atoms with Crippen molar-refractivity contribution in [3.05, 3.63) is 41.7 Å². The Kier molecular flexibility index (Phi) is 5.25. The van der Waals surface area contributed by atoms with Crippen LogP contribution in [0.2, 0.25) is 0 Å². The van der Waals surface area contributed by atoms with Gasteiger partial charge in [-0.05, 0) is 42.7 Å². The van der Waals surface area contributed by atoms with Crippen molar-refractivity contribution < 1.29 is 23.1 Å². The molecule has 1 aliphatic rings. The molecule has 0 radical (unpaired) electrons. The van der Waals surface area contributed by atoms with Crippen molar-refractivity contribution in [1.29, 1.82) is 0 Å². The van der Waals surface area contributed by atoms with E-state index in [0.717, 1.165) is 12.8 Å². The molecule has 0 saturated carbocycles. The van der Waals surface area contributed by atoms with Crippen molar-refractivity contribution in [2.24, 2.45) is 0 Å². The number of hydrogen-bond donors (Lipinski definition) is 0. The molecule has 5 nitrogen and oxygen atoms in total. The Hall–Kier alpha value is -2.83. The Balaban J connectivity index is 2.14. The van der Waals surface area contributed by atoms with Gasteiger partial charge in [-0.3, -0.25) is 14.6 Å². The van der Waals surface area contributed by atoms with Crippen LogP contribution in [0.15, 0.2) is 30.5 Å². The zero-order valence-corrected chi connectivity index (χ0v) is 14.2. The number of aldehydes is 1. The minimum atomic E-state index is -2.74. The number of benzene rings is 1. The van der Waals surface area contributed by atoms with Gasteiger partial charge >= 0.3 is 0 Å². The number of nitrogens with zero attached hydrogens (tertiary/aromatic N) is 2. The SMILES string of the molecule is COc1cnc(C(F)F)cc1-c1cc(N2CCCCC2=O)ccc1C=O. The lowest BCUT2D eigenvalue weighted by atomic mass is 9.98. The van der Waals surface area contributed by atoms with Crippen molar-refractivity contribution in [2.75, 3.05) is 18.6 Å². The first kappa shape index (κ1) is 18.0. The van der Waals surface area contributed by atoms with Crippen LogP contribution in [0.25, 0.3) is 11.1 Å². The van der Waals surface area contributed by atoms with Gasteiger partial charge in [-0.25, -0.2) is 8.78 Å². The smallest absolute Gasteiger partial charge is 0.280 e. The average Bonchev–Trinajstić information content (AvgIpc) is 2.67. The number of piperidine rings is 1. The summed E-state index contributed by atoms with van der Waals surface area (Å²) in [5, 5.41) is 0. The maximum atomic E-state index is 13.1. The zero-order chi connectivity index (χ0) is 18.7. The molecule has 3 rings (SSSR count). The summed E-state index contributed by atoms with van der Waals surface area (Å²) in [6.45, 7) is 0.592. The van der Waals surface area contributed by atoms with Gasteiger partial charge in [0.1, 0.15) is 11.4 Å². The summed E-state index contributed by atoms with van der Waals surface area (Å²) in [4.78, 5) is 29.0. The molecule has 0 aliphatic carbocycles. The first-order valence-corrected chi connectivity index (χ1v) is 8.27. The predicted molar refractivity (Wildman–Crippen MR) is 92.8 cm³/mol. The van der Waals surface area contributed by atoms with Gasteiger partial charge in [-0.1, -0.05) is 0 Å². The van der Waals surface area contributed by atoms with Crippen LogP contribution < -0.4 is 9.64 Å². The van der Waals surface area contributed by atoms with Crippen molar-refractivity contribution in [1.82, 2.24) is 4.98 Å². The molecule has 136 valence electrons. The highest BCUT2D eigenvalue weighted by molar-refractivity contribution is 5.97. The number of anilines is 1. The minimum Gasteiger partial charge on any atom is -0.494 e. The number of rotatable bonds is 5. The molecule has 1 amide bonds. The molecule has 2 aromatic rings. The molecule has 1 aliphatic heterocycles. The summed E-state index contributed by atoms with van der Waals surface area (Å²) in [7, 11) is 1.40. The molecule has 1 aromatic carbocycles. The fourth-order valence-corrected chi connectivity index (χ4v) is 3.08. The van der Waals surface area contributed by atoms with E-state index in [1.54, 1.807) is 23.1 Å². The number of ether oxygens (including phenoxy) is 1. The number of aromatic nitrogens is 1. The highest BCUT2D eigenvalue weighted by Gasteiger charge is 2.22. The quantitative estimate of drug-likeness (QED) is 0.756. The van der Waals surface area contributed by atoms with E-state index in [9.17, 15) is 18.4 Å². The van der Waals surface area contributed by atoms with Gasteiger partial charge in [0.2, 0.25) is 5.91 Å². The third-order valence-electron chi connectivity index (χ3n) is 4.42. The van der Waals surface area contributed by atoms with E-state index < -0.39 is 12.1 Å². The molecule has 1 aromatic heterocycles. The number of amides is 1. The lowest BCUT2D eigenvalue weighted by molar-refractivity contribution is -0.119. The Labute approximate surface area is 149 Å². The standard InChI is InChI=1S/C19H18F2N2O3/c1-26-17-10-22-16(19(20)21)9-15(17)14-8-13(6-5-12(14)11-24)23-7-3-2-4-18(23)25/h5-6,8-11,19H,2-4,7H2,1H3. The van der Waals surface area contributed by atoms with E-state index in [2.05, 4.69) is 4.98 Å². The predicted octanol–water partition coefficient (Wildman–Crippen LogP) is 4.02. The van der Waals surface area contributed by atoms with Crippen LogP contribution in [-0.2, 0) is 4.79 Å². The molecule has 1 fully saturated rings. The number of pyridine rings is 1. The Morgan fingerprint density at radius 1 is 1.23 bits per heavy atom. The first-order valence-electron chi connectivity index (χ1n) is 8.27. The van der Waals surface area contributed by atoms with Crippen LogP contribution >= 0.6 is 0 Å². The number of carbonyl (C=O) groups excluding carboxylic acids is 2. The van der Waals surface area contributed by atoms with Gasteiger partial charge < -0.3 is 9.64 Å². The molecule has 7 heteroatoms. The van der Waals surface area contributed by atoms with Crippen LogP contribution in [-0.4, -0.2) is 30.8 Å². The van der Waals surface area contributed by atoms with E-state index in [1.807, 2.05) is 0 Å². The number of methoxy groups -OCH3 is 1. The van der Waals surface area contributed by atoms with Crippen LogP contribution in [0.1, 0.15) is 41.7 Å². The fourth-order valence-electron chi connectivity index (χ4n) is 3.08. The Morgan fingerprint density at radius 2 is 2.04 bits per heavy atom. The third-order valence-corrected chi connectivity index (χ3v) is 4.42. The monoisotopic (exact) mass is 360 g/mol. The molecular formula is C19H18F2N2O3. The van der Waals surface area contributed by atoms with Gasteiger partial charge in [-0.2, -0.15) is 0 Å². The van der Waals surface area contributed by atoms with E-state index in [1.165, 1.54) is 19.4 Å². The molecule has 0 N–H and O–H groups in total. The molecule has 0 atom stereocenters. The summed E-state index contributed by atoms with van der Waals surface area (Å²) < 4.78 is 31.4. The fraction of sp³-hybridized carbons (Fsp3) is 0.316. The second-order valence-corrected chi connectivity index (χ2v) is 6.00. The second kappa shape index (κ2) is 7.59. The van der Waals surface area contributed by atoms with Crippen LogP contribution in [0.3, 0.4) is 0 Å². The maximum Gasteiger partial charge on any atom is 0.280 e. The lowest BCUT2D eigenvalue weighted by Crippen LogP contribution is -2.35. The van der Waals surface area contributed by atoms with Crippen LogP contribution in [0.4, 0.5) is 14.5 Å². The molecule has 2 heterocycles. The number of alkyl halides is 2. The molecule has 1 saturated heterocycles. The Morgan fingerprint density at radius 3 is 2.69 bits per heavy atom. The third kappa shape index (κ3) is 3.42. The molecular weight excluding hydrogens is 342 g/mol. The van der Waals surface area contributed by atoms with Crippen LogP contribution in [0.5, 0.6) is 5.75 Å². The van der Waals surface area contributed by atoms with Gasteiger partial charge in [0.05, 0.1) is 13.3 Å². The summed E-state index contributed by atoms with van der Waals surface area (Å²) in [6.07, 6.45) is 1.34. The van der Waals surface area contributed by atoms with Gasteiger partial charge in [0.15, 0.2) is 6.29 Å². The number of halogens is 2. The molecule has 0 unspecified atom stereocenters. The Bertz CT molecular complexity index is 840. The summed E-state index contributed by atoms with van der Waals surface area (Å²) >= 11 is 0. The highest BCUT2D eigenvalue weighted by atomic mass is 19.3. The van der Waals surface area contributed by atoms with Gasteiger partial charge in [0, 0.05) is 29.8 Å². The minimum absolute atomic E-state index is 0.0102. The summed E-state index contributed by atoms with van der Waals surface area (Å²) in [5.41, 5.74) is 1.32. The van der Waals surface area contributed by atoms with E-state index in [0.29, 0.717) is 41.6 Å². The largest absolute Gasteiger partial charge is 0.494 e. The lowest BCUT2D eigenvalue weighted by Gasteiger charge is -2.27. The normalized spacial score (nSPS) is 14.6. The summed E-state index contributed by atoms with van der Waals surface area (Å²) in [6, 6.07) is 6.16. The first-order chi connectivity index (χ1) is 12.5. The van der Waals surface area contributed by atoms with E-state index in [-0.39, 0.29) is 11.7 Å². The number of hydrogen-bond acceptors (Lipinski definition) is 4. The molecule has 26 heavy (non-hydrogen) atoms. The maximum absolute atomic E-state index is 13.1. The van der Waals surface area contributed by atoms with Crippen molar-refractivity contribution in [3.8, 4) is 16.9 Å². The van der Waals surface area contributed by atoms with Gasteiger partial charge in [-0.15, -0.1) is 0 Å². The highest BCUT2D eigenvalue weighted by Crippen LogP contribution is 2.36. The topological polar surface area (TPSA) is 59.5 Å². The average molecular weight is 360 g/mol. The second-order valence-electron chi connectivity index (χ2n) is 6.00. The van der Waals surface area contributed by atoms with Crippen molar-refractivity contribution in [3.63, 3.8) is 0 Å². The zero-order valence-electron chi connectivity index (χ0n) is 14.2. The molecule has 0 spiro atoms. The van der Waals surface area contributed by atoms with Crippen molar-refractivity contribution in [2.45, 2.75) is 25.7 Å². The number of carbonyl (C=O) groups is 2. The van der Waals surface area contributed by atoms with Gasteiger partial charge in [0.25, 0.3) is 6.43 Å². The van der Waals surface area contributed by atoms with Crippen LogP contribution in [0, 0.1) is 0 Å². The van der Waals surface area contributed by atoms with E-state index in [4.69, 9.17) is 4.74 Å². The van der Waals surface area contributed by atoms with Crippen molar-refractivity contribution >= 4 is 17.9 Å². The molecule has 0 bridgehead atoms. The summed E-state index contributed by atoms with van der Waals surface area (Å²) in [5.74, 6) is 0.288. The van der Waals surface area contributed by atoms with E-state index >= 15 is 0 Å².